The van der Waals surface area contributed by atoms with Crippen molar-refractivity contribution in [3.8, 4) is 0 Å². The number of hydrogen-bond acceptors (Lipinski definition) is 1. The molecule has 3 rings (SSSR count). The van der Waals surface area contributed by atoms with Crippen molar-refractivity contribution in [1.82, 2.24) is 9.88 Å². The van der Waals surface area contributed by atoms with Crippen LogP contribution in [-0.4, -0.2) is 29.5 Å². The van der Waals surface area contributed by atoms with Crippen molar-refractivity contribution in [3.05, 3.63) is 36.0 Å². The third-order valence-electron chi connectivity index (χ3n) is 4.10. The minimum Gasteiger partial charge on any atom is -0.361 e. The molecule has 0 bridgehead atoms. The van der Waals surface area contributed by atoms with Crippen LogP contribution in [0.2, 0.25) is 0 Å². The average molecular weight is 228 g/mol. The molecule has 1 aliphatic rings. The van der Waals surface area contributed by atoms with Gasteiger partial charge >= 0.3 is 0 Å². The third kappa shape index (κ3) is 1.98. The Labute approximate surface area is 103 Å². The lowest BCUT2D eigenvalue weighted by atomic mass is 9.89. The highest BCUT2D eigenvalue weighted by Crippen LogP contribution is 2.32. The van der Waals surface area contributed by atoms with Gasteiger partial charge in [-0.25, -0.2) is 0 Å². The van der Waals surface area contributed by atoms with Gasteiger partial charge in [0.05, 0.1) is 0 Å². The highest BCUT2D eigenvalue weighted by molar-refractivity contribution is 5.83. The molecule has 0 radical (unpaired) electrons. The zero-order chi connectivity index (χ0) is 11.7. The molecule has 0 aliphatic carbocycles. The standard InChI is InChI=1S/C15H20N2/c1-2-17-9-7-12(8-10-17)14-11-16-15-6-4-3-5-13(14)15/h3-6,11-12,16H,2,7-10H2,1H3. The van der Waals surface area contributed by atoms with Gasteiger partial charge in [0.25, 0.3) is 0 Å². The molecule has 1 saturated heterocycles. The van der Waals surface area contributed by atoms with Gasteiger partial charge in [-0.1, -0.05) is 25.1 Å². The van der Waals surface area contributed by atoms with Crippen molar-refractivity contribution >= 4 is 10.9 Å². The Morgan fingerprint density at radius 1 is 1.24 bits per heavy atom. The molecule has 2 heterocycles. The molecule has 1 fully saturated rings. The van der Waals surface area contributed by atoms with Crippen LogP contribution < -0.4 is 0 Å². The van der Waals surface area contributed by atoms with Gasteiger partial charge in [0, 0.05) is 17.1 Å². The molecule has 17 heavy (non-hydrogen) atoms. The zero-order valence-corrected chi connectivity index (χ0v) is 10.4. The fourth-order valence-electron chi connectivity index (χ4n) is 2.99. The molecular weight excluding hydrogens is 208 g/mol. The second kappa shape index (κ2) is 4.53. The summed E-state index contributed by atoms with van der Waals surface area (Å²) in [6.45, 7) is 5.95. The molecule has 1 aliphatic heterocycles. The minimum absolute atomic E-state index is 0.744. The molecule has 2 aromatic rings. The molecule has 0 amide bonds. The number of piperidine rings is 1. The smallest absolute Gasteiger partial charge is 0.0456 e. The second-order valence-electron chi connectivity index (χ2n) is 5.00. The highest BCUT2D eigenvalue weighted by Gasteiger charge is 2.21. The molecule has 1 N–H and O–H groups in total. The second-order valence-corrected chi connectivity index (χ2v) is 5.00. The first-order valence-corrected chi connectivity index (χ1v) is 6.67. The van der Waals surface area contributed by atoms with Crippen LogP contribution in [0.15, 0.2) is 30.5 Å². The fraction of sp³-hybridized carbons (Fsp3) is 0.467. The topological polar surface area (TPSA) is 19.0 Å². The van der Waals surface area contributed by atoms with E-state index in [1.807, 2.05) is 0 Å². The third-order valence-corrected chi connectivity index (χ3v) is 4.10. The summed E-state index contributed by atoms with van der Waals surface area (Å²) < 4.78 is 0. The maximum Gasteiger partial charge on any atom is 0.0456 e. The molecule has 1 aromatic carbocycles. The molecule has 0 spiro atoms. The SMILES string of the molecule is CCN1CCC(c2c[nH]c3ccccc23)CC1. The van der Waals surface area contributed by atoms with E-state index in [-0.39, 0.29) is 0 Å². The fourth-order valence-corrected chi connectivity index (χ4v) is 2.99. The molecule has 2 heteroatoms. The van der Waals surface area contributed by atoms with Crippen molar-refractivity contribution < 1.29 is 0 Å². The van der Waals surface area contributed by atoms with E-state index in [4.69, 9.17) is 0 Å². The largest absolute Gasteiger partial charge is 0.361 e. The van der Waals surface area contributed by atoms with Crippen LogP contribution in [0, 0.1) is 0 Å². The van der Waals surface area contributed by atoms with Crippen molar-refractivity contribution in [1.29, 1.82) is 0 Å². The number of nitrogens with zero attached hydrogens (tertiary/aromatic N) is 1. The Kier molecular flexibility index (Phi) is 2.89. The number of aromatic nitrogens is 1. The summed E-state index contributed by atoms with van der Waals surface area (Å²) in [6, 6.07) is 8.65. The quantitative estimate of drug-likeness (QED) is 0.835. The van der Waals surface area contributed by atoms with E-state index in [9.17, 15) is 0 Å². The first-order chi connectivity index (χ1) is 8.38. The van der Waals surface area contributed by atoms with Gasteiger partial charge in [-0.15, -0.1) is 0 Å². The van der Waals surface area contributed by atoms with E-state index < -0.39 is 0 Å². The summed E-state index contributed by atoms with van der Waals surface area (Å²) in [5.41, 5.74) is 2.80. The van der Waals surface area contributed by atoms with Gasteiger partial charge in [-0.3, -0.25) is 0 Å². The number of nitrogens with one attached hydrogen (secondary N) is 1. The number of likely N-dealkylation sites (tertiary alicyclic amines) is 1. The van der Waals surface area contributed by atoms with E-state index >= 15 is 0 Å². The number of para-hydroxylation sites is 1. The van der Waals surface area contributed by atoms with E-state index in [1.165, 1.54) is 48.9 Å². The van der Waals surface area contributed by atoms with Gasteiger partial charge < -0.3 is 9.88 Å². The molecule has 1 aromatic heterocycles. The molecular formula is C15H20N2. The number of rotatable bonds is 2. The Hall–Kier alpha value is -1.28. The van der Waals surface area contributed by atoms with Crippen molar-refractivity contribution in [2.75, 3.05) is 19.6 Å². The van der Waals surface area contributed by atoms with Crippen molar-refractivity contribution in [2.24, 2.45) is 0 Å². The molecule has 0 atom stereocenters. The van der Waals surface area contributed by atoms with Gasteiger partial charge in [-0.05, 0) is 50.0 Å². The van der Waals surface area contributed by atoms with Crippen LogP contribution >= 0.6 is 0 Å². The van der Waals surface area contributed by atoms with Gasteiger partial charge in [0.2, 0.25) is 0 Å². The summed E-state index contributed by atoms with van der Waals surface area (Å²) >= 11 is 0. The van der Waals surface area contributed by atoms with E-state index in [2.05, 4.69) is 47.3 Å². The normalized spacial score (nSPS) is 18.9. The first kappa shape index (κ1) is 10.8. The van der Waals surface area contributed by atoms with Crippen molar-refractivity contribution in [2.45, 2.75) is 25.7 Å². The van der Waals surface area contributed by atoms with Crippen LogP contribution in [0.25, 0.3) is 10.9 Å². The summed E-state index contributed by atoms with van der Waals surface area (Å²) in [4.78, 5) is 5.94. The molecule has 90 valence electrons. The van der Waals surface area contributed by atoms with Crippen LogP contribution in [-0.2, 0) is 0 Å². The number of H-pyrrole nitrogens is 1. The molecule has 2 nitrogen and oxygen atoms in total. The molecule has 0 saturated carbocycles. The molecule has 0 unspecified atom stereocenters. The monoisotopic (exact) mass is 228 g/mol. The Balaban J connectivity index is 1.85. The summed E-state index contributed by atoms with van der Waals surface area (Å²) in [7, 11) is 0. The number of fused-ring (bicyclic) bond motifs is 1. The Morgan fingerprint density at radius 2 is 2.00 bits per heavy atom. The summed E-state index contributed by atoms with van der Waals surface area (Å²) in [6.07, 6.45) is 4.82. The number of aromatic amines is 1. The summed E-state index contributed by atoms with van der Waals surface area (Å²) in [5.74, 6) is 0.744. The highest BCUT2D eigenvalue weighted by atomic mass is 15.1. The van der Waals surface area contributed by atoms with E-state index in [0.29, 0.717) is 0 Å². The zero-order valence-electron chi connectivity index (χ0n) is 10.4. The number of hydrogen-bond donors (Lipinski definition) is 1. The number of benzene rings is 1. The lowest BCUT2D eigenvalue weighted by molar-refractivity contribution is 0.223. The van der Waals surface area contributed by atoms with Gasteiger partial charge in [0.1, 0.15) is 0 Å². The van der Waals surface area contributed by atoms with E-state index in [1.54, 1.807) is 0 Å². The lowest BCUT2D eigenvalue weighted by Crippen LogP contribution is -2.32. The predicted molar refractivity (Wildman–Crippen MR) is 72.4 cm³/mol. The van der Waals surface area contributed by atoms with Crippen LogP contribution in [0.5, 0.6) is 0 Å². The van der Waals surface area contributed by atoms with Crippen LogP contribution in [0.4, 0.5) is 0 Å². The van der Waals surface area contributed by atoms with Crippen molar-refractivity contribution in [3.63, 3.8) is 0 Å². The maximum absolute atomic E-state index is 3.40. The first-order valence-electron chi connectivity index (χ1n) is 6.67. The van der Waals surface area contributed by atoms with Gasteiger partial charge in [-0.2, -0.15) is 0 Å². The predicted octanol–water partition coefficient (Wildman–Crippen LogP) is 3.37. The van der Waals surface area contributed by atoms with Crippen LogP contribution in [0.3, 0.4) is 0 Å². The maximum atomic E-state index is 3.40. The minimum atomic E-state index is 0.744. The average Bonchev–Trinajstić information content (AvgIpc) is 2.83. The van der Waals surface area contributed by atoms with Crippen LogP contribution in [0.1, 0.15) is 31.2 Å². The van der Waals surface area contributed by atoms with E-state index in [0.717, 1.165) is 5.92 Å². The summed E-state index contributed by atoms with van der Waals surface area (Å²) in [5, 5.41) is 1.42. The lowest BCUT2D eigenvalue weighted by Gasteiger charge is -2.30. The van der Waals surface area contributed by atoms with Gasteiger partial charge in [0.15, 0.2) is 0 Å². The Bertz CT molecular complexity index is 492. The Morgan fingerprint density at radius 3 is 2.76 bits per heavy atom.